The van der Waals surface area contributed by atoms with E-state index in [2.05, 4.69) is 35.2 Å². The highest BCUT2D eigenvalue weighted by atomic mass is 35.5. The average molecular weight is 252 g/mol. The predicted molar refractivity (Wildman–Crippen MR) is 74.4 cm³/mol. The number of halogens is 1. The number of benzene rings is 1. The van der Waals surface area contributed by atoms with Gasteiger partial charge in [-0.1, -0.05) is 30.3 Å². The first-order valence-corrected chi connectivity index (χ1v) is 7.24. The zero-order valence-electron chi connectivity index (χ0n) is 10.4. The summed E-state index contributed by atoms with van der Waals surface area (Å²) >= 11 is 5.75. The Hall–Kier alpha value is -0.530. The summed E-state index contributed by atoms with van der Waals surface area (Å²) in [7, 11) is 0. The molecule has 94 valence electrons. The van der Waals surface area contributed by atoms with Crippen molar-refractivity contribution < 1.29 is 0 Å². The molecule has 2 heteroatoms. The molecule has 1 aliphatic heterocycles. The Kier molecular flexibility index (Phi) is 5.34. The van der Waals surface area contributed by atoms with Gasteiger partial charge >= 0.3 is 0 Å². The van der Waals surface area contributed by atoms with Crippen molar-refractivity contribution >= 4 is 11.6 Å². The van der Waals surface area contributed by atoms with Crippen LogP contribution in [0, 0.1) is 5.92 Å². The number of alkyl halides is 1. The van der Waals surface area contributed by atoms with E-state index in [1.807, 2.05) is 0 Å². The van der Waals surface area contributed by atoms with Gasteiger partial charge in [-0.2, -0.15) is 0 Å². The molecule has 1 aromatic carbocycles. The molecule has 1 fully saturated rings. The average Bonchev–Trinajstić information content (AvgIpc) is 2.39. The van der Waals surface area contributed by atoms with Crippen molar-refractivity contribution in [2.45, 2.75) is 32.2 Å². The normalized spacial score (nSPS) is 18.4. The fraction of sp³-hybridized carbons (Fsp3) is 0.600. The van der Waals surface area contributed by atoms with Crippen molar-refractivity contribution in [3.05, 3.63) is 35.9 Å². The summed E-state index contributed by atoms with van der Waals surface area (Å²) in [5.41, 5.74) is 1.44. The van der Waals surface area contributed by atoms with Gasteiger partial charge in [-0.25, -0.2) is 0 Å². The molecule has 1 heterocycles. The van der Waals surface area contributed by atoms with Crippen molar-refractivity contribution in [3.63, 3.8) is 0 Å². The van der Waals surface area contributed by atoms with Crippen molar-refractivity contribution in [2.75, 3.05) is 19.0 Å². The monoisotopic (exact) mass is 251 g/mol. The van der Waals surface area contributed by atoms with Gasteiger partial charge in [0.05, 0.1) is 0 Å². The highest BCUT2D eigenvalue weighted by Crippen LogP contribution is 2.23. The lowest BCUT2D eigenvalue weighted by Gasteiger charge is -2.31. The third kappa shape index (κ3) is 4.33. The maximum Gasteiger partial charge on any atom is 0.0233 e. The molecule has 0 N–H and O–H groups in total. The SMILES string of the molecule is ClCCCC1CCN(Cc2ccccc2)CC1. The molecule has 0 spiro atoms. The quantitative estimate of drug-likeness (QED) is 0.717. The van der Waals surface area contributed by atoms with Crippen molar-refractivity contribution in [1.82, 2.24) is 4.90 Å². The van der Waals surface area contributed by atoms with E-state index < -0.39 is 0 Å². The Morgan fingerprint density at radius 2 is 1.82 bits per heavy atom. The van der Waals surface area contributed by atoms with Crippen LogP contribution < -0.4 is 0 Å². The van der Waals surface area contributed by atoms with Crippen LogP contribution >= 0.6 is 11.6 Å². The highest BCUT2D eigenvalue weighted by molar-refractivity contribution is 6.17. The molecular formula is C15H22ClN. The second-order valence-electron chi connectivity index (χ2n) is 5.04. The van der Waals surface area contributed by atoms with E-state index in [4.69, 9.17) is 11.6 Å². The number of nitrogens with zero attached hydrogens (tertiary/aromatic N) is 1. The minimum Gasteiger partial charge on any atom is -0.299 e. The van der Waals surface area contributed by atoms with Crippen LogP contribution in [0.3, 0.4) is 0 Å². The predicted octanol–water partition coefficient (Wildman–Crippen LogP) is 3.92. The van der Waals surface area contributed by atoms with E-state index in [1.54, 1.807) is 0 Å². The molecule has 0 unspecified atom stereocenters. The van der Waals surface area contributed by atoms with Gasteiger partial charge in [-0.05, 0) is 50.3 Å². The Bertz CT molecular complexity index is 304. The lowest BCUT2D eigenvalue weighted by Crippen LogP contribution is -2.33. The number of piperidine rings is 1. The number of hydrogen-bond acceptors (Lipinski definition) is 1. The smallest absolute Gasteiger partial charge is 0.0233 e. The first-order valence-electron chi connectivity index (χ1n) is 6.70. The summed E-state index contributed by atoms with van der Waals surface area (Å²) in [4.78, 5) is 2.58. The summed E-state index contributed by atoms with van der Waals surface area (Å²) in [6, 6.07) is 10.8. The van der Waals surface area contributed by atoms with Gasteiger partial charge in [0, 0.05) is 12.4 Å². The van der Waals surface area contributed by atoms with E-state index in [0.29, 0.717) is 0 Å². The number of hydrogen-bond donors (Lipinski definition) is 0. The molecule has 2 rings (SSSR count). The van der Waals surface area contributed by atoms with E-state index in [1.165, 1.54) is 44.3 Å². The van der Waals surface area contributed by atoms with Crippen LogP contribution in [-0.2, 0) is 6.54 Å². The molecule has 0 amide bonds. The summed E-state index contributed by atoms with van der Waals surface area (Å²) in [6.45, 7) is 3.62. The van der Waals surface area contributed by atoms with Crippen LogP contribution in [0.1, 0.15) is 31.2 Å². The third-order valence-electron chi connectivity index (χ3n) is 3.70. The summed E-state index contributed by atoms with van der Waals surface area (Å²) in [5, 5.41) is 0. The Labute approximate surface area is 110 Å². The van der Waals surface area contributed by atoms with Crippen LogP contribution in [0.2, 0.25) is 0 Å². The molecule has 0 saturated carbocycles. The Balaban J connectivity index is 1.72. The number of rotatable bonds is 5. The van der Waals surface area contributed by atoms with Gasteiger partial charge < -0.3 is 0 Å². The standard InChI is InChI=1S/C15H22ClN/c16-10-4-7-14-8-11-17(12-9-14)13-15-5-2-1-3-6-15/h1-3,5-6,14H,4,7-13H2. The van der Waals surface area contributed by atoms with Crippen LogP contribution in [0.25, 0.3) is 0 Å². The van der Waals surface area contributed by atoms with Crippen LogP contribution in [-0.4, -0.2) is 23.9 Å². The largest absolute Gasteiger partial charge is 0.299 e. The zero-order valence-corrected chi connectivity index (χ0v) is 11.2. The molecular weight excluding hydrogens is 230 g/mol. The molecule has 1 saturated heterocycles. The highest BCUT2D eigenvalue weighted by Gasteiger charge is 2.18. The lowest BCUT2D eigenvalue weighted by molar-refractivity contribution is 0.172. The first-order chi connectivity index (χ1) is 8.38. The van der Waals surface area contributed by atoms with Gasteiger partial charge in [0.15, 0.2) is 0 Å². The van der Waals surface area contributed by atoms with Gasteiger partial charge in [-0.3, -0.25) is 4.90 Å². The summed E-state index contributed by atoms with van der Waals surface area (Å²) < 4.78 is 0. The topological polar surface area (TPSA) is 3.24 Å². The van der Waals surface area contributed by atoms with Crippen molar-refractivity contribution in [2.24, 2.45) is 5.92 Å². The van der Waals surface area contributed by atoms with Crippen molar-refractivity contribution in [3.8, 4) is 0 Å². The van der Waals surface area contributed by atoms with Gasteiger partial charge in [0.2, 0.25) is 0 Å². The summed E-state index contributed by atoms with van der Waals surface area (Å²) in [5.74, 6) is 1.74. The number of likely N-dealkylation sites (tertiary alicyclic amines) is 1. The second kappa shape index (κ2) is 7.03. The van der Waals surface area contributed by atoms with Crippen LogP contribution in [0.5, 0.6) is 0 Å². The molecule has 0 bridgehead atoms. The molecule has 0 aliphatic carbocycles. The summed E-state index contributed by atoms with van der Waals surface area (Å²) in [6.07, 6.45) is 5.21. The van der Waals surface area contributed by atoms with E-state index in [-0.39, 0.29) is 0 Å². The molecule has 1 aliphatic rings. The maximum atomic E-state index is 5.75. The minimum atomic E-state index is 0.824. The van der Waals surface area contributed by atoms with E-state index in [9.17, 15) is 0 Å². The van der Waals surface area contributed by atoms with Crippen LogP contribution in [0.4, 0.5) is 0 Å². The minimum absolute atomic E-state index is 0.824. The van der Waals surface area contributed by atoms with Crippen LogP contribution in [0.15, 0.2) is 30.3 Å². The lowest BCUT2D eigenvalue weighted by atomic mass is 9.92. The van der Waals surface area contributed by atoms with Gasteiger partial charge in [-0.15, -0.1) is 11.6 Å². The van der Waals surface area contributed by atoms with Gasteiger partial charge in [0.1, 0.15) is 0 Å². The third-order valence-corrected chi connectivity index (χ3v) is 3.97. The first kappa shape index (κ1) is 12.9. The fourth-order valence-electron chi connectivity index (χ4n) is 2.64. The van der Waals surface area contributed by atoms with E-state index in [0.717, 1.165) is 18.3 Å². The molecule has 1 aromatic rings. The fourth-order valence-corrected chi connectivity index (χ4v) is 2.79. The molecule has 0 aromatic heterocycles. The van der Waals surface area contributed by atoms with Gasteiger partial charge in [0.25, 0.3) is 0 Å². The van der Waals surface area contributed by atoms with E-state index >= 15 is 0 Å². The molecule has 0 atom stereocenters. The Morgan fingerprint density at radius 3 is 2.47 bits per heavy atom. The molecule has 0 radical (unpaired) electrons. The van der Waals surface area contributed by atoms with Crippen molar-refractivity contribution in [1.29, 1.82) is 0 Å². The zero-order chi connectivity index (χ0) is 11.9. The molecule has 17 heavy (non-hydrogen) atoms. The maximum absolute atomic E-state index is 5.75. The second-order valence-corrected chi connectivity index (χ2v) is 5.41. The Morgan fingerprint density at radius 1 is 1.12 bits per heavy atom. The molecule has 1 nitrogen and oxygen atoms in total.